The molecule has 0 bridgehead atoms. The average molecular weight is 881 g/mol. The topological polar surface area (TPSA) is 419 Å². The third-order valence-corrected chi connectivity index (χ3v) is 10.5. The van der Waals surface area contributed by atoms with Crippen molar-refractivity contribution in [2.45, 2.75) is 174 Å². The Morgan fingerprint density at radius 3 is 1.05 bits per heavy atom. The molecule has 0 saturated carbocycles. The molecule has 2 aliphatic rings. The van der Waals surface area contributed by atoms with Crippen molar-refractivity contribution in [3.63, 3.8) is 0 Å². The maximum Gasteiger partial charge on any atom is 0.251 e. The van der Waals surface area contributed by atoms with Crippen LogP contribution in [0.5, 0.6) is 0 Å². The van der Waals surface area contributed by atoms with E-state index in [0.717, 1.165) is 51.4 Å². The van der Waals surface area contributed by atoms with E-state index >= 15 is 0 Å². The highest BCUT2D eigenvalue weighted by Crippen LogP contribution is 2.27. The molecule has 18 N–H and O–H groups in total. The van der Waals surface area contributed by atoms with Crippen LogP contribution in [0.4, 0.5) is 0 Å². The van der Waals surface area contributed by atoms with E-state index in [1.807, 2.05) is 0 Å². The van der Waals surface area contributed by atoms with E-state index in [1.165, 1.54) is 0 Å². The molecule has 0 spiro atoms. The number of aliphatic hydroxyl groups is 16. The largest absolute Gasteiger partial charge is 0.394 e. The number of aliphatic hydroxyl groups excluding tert-OH is 16. The average Bonchev–Trinajstić information content (AvgIpc) is 3.25. The van der Waals surface area contributed by atoms with Gasteiger partial charge in [-0.1, -0.05) is 51.4 Å². The van der Waals surface area contributed by atoms with Crippen LogP contribution < -0.4 is 10.6 Å². The number of ether oxygens (including phenoxy) is 4. The molecule has 0 unspecified atom stereocenters. The summed E-state index contributed by atoms with van der Waals surface area (Å²) in [5, 5.41) is 165. The number of amides is 2. The number of hydrogen-bond acceptors (Lipinski definition) is 22. The van der Waals surface area contributed by atoms with Crippen molar-refractivity contribution < 1.29 is 110 Å². The zero-order valence-corrected chi connectivity index (χ0v) is 33.3. The molecule has 0 radical (unpaired) electrons. The van der Waals surface area contributed by atoms with E-state index in [1.54, 1.807) is 0 Å². The predicted octanol–water partition coefficient (Wildman–Crippen LogP) is -8.36. The minimum Gasteiger partial charge on any atom is -0.394 e. The summed E-state index contributed by atoms with van der Waals surface area (Å²) >= 11 is 0. The van der Waals surface area contributed by atoms with Gasteiger partial charge < -0.3 is 111 Å². The fraction of sp³-hybridized carbons (Fsp3) is 0.944. The minimum absolute atomic E-state index is 0.150. The van der Waals surface area contributed by atoms with Gasteiger partial charge in [0.1, 0.15) is 85.5 Å². The Kier molecular flexibility index (Phi) is 25.4. The van der Waals surface area contributed by atoms with E-state index in [9.17, 15) is 91.3 Å². The zero-order valence-electron chi connectivity index (χ0n) is 33.3. The molecular weight excluding hydrogens is 812 g/mol. The van der Waals surface area contributed by atoms with Crippen molar-refractivity contribution in [2.24, 2.45) is 0 Å². The quantitative estimate of drug-likeness (QED) is 0.0310. The van der Waals surface area contributed by atoms with Crippen molar-refractivity contribution in [3.05, 3.63) is 0 Å². The lowest BCUT2D eigenvalue weighted by Gasteiger charge is -2.42. The van der Waals surface area contributed by atoms with Crippen LogP contribution in [0.3, 0.4) is 0 Å². The number of rotatable bonds is 29. The smallest absolute Gasteiger partial charge is 0.251 e. The second kappa shape index (κ2) is 28.0. The molecule has 0 aliphatic carbocycles. The molecule has 2 amide bonds. The van der Waals surface area contributed by atoms with Crippen LogP contribution >= 0.6 is 0 Å². The Morgan fingerprint density at radius 2 is 0.767 bits per heavy atom. The summed E-state index contributed by atoms with van der Waals surface area (Å²) in [6.45, 7) is -3.25. The molecule has 354 valence electrons. The van der Waals surface area contributed by atoms with Crippen LogP contribution in [0.15, 0.2) is 0 Å². The van der Waals surface area contributed by atoms with Gasteiger partial charge in [0.2, 0.25) is 0 Å². The van der Waals surface area contributed by atoms with E-state index in [4.69, 9.17) is 18.9 Å². The first-order valence-electron chi connectivity index (χ1n) is 20.2. The highest BCUT2D eigenvalue weighted by molar-refractivity contribution is 5.81. The fourth-order valence-corrected chi connectivity index (χ4v) is 6.64. The summed E-state index contributed by atoms with van der Waals surface area (Å²) in [6, 6.07) is 0. The van der Waals surface area contributed by atoms with E-state index in [2.05, 4.69) is 10.6 Å². The van der Waals surface area contributed by atoms with Gasteiger partial charge in [0.05, 0.1) is 26.4 Å². The second-order valence-corrected chi connectivity index (χ2v) is 15.1. The molecule has 2 aliphatic heterocycles. The standard InChI is InChI=1S/C36H68N2O22/c39-13-17(43)31(59-35-29(53)23(47)21(45)19(15-41)57-35)25(49)27(51)33(55)37-11-9-7-5-3-1-2-4-6-8-10-12-38-34(56)28(52)26(50)32(18(44)14-40)60-36-30(54)24(48)22(46)20(16-42)58-36/h17-32,35-36,39-54H,1-16H2,(H,37,55)(H,38,56)/t17-,18-,19-,20-,21+,22+,23+,24+,25-,26-,27-,28-,29-,30-,31-,32-,35-,36-/m1/s1. The molecule has 18 atom stereocenters. The second-order valence-electron chi connectivity index (χ2n) is 15.1. The first kappa shape index (κ1) is 54.3. The molecule has 0 aromatic rings. The summed E-state index contributed by atoms with van der Waals surface area (Å²) in [5.74, 6) is -2.01. The van der Waals surface area contributed by atoms with Crippen LogP contribution in [0.1, 0.15) is 64.2 Å². The van der Waals surface area contributed by atoms with E-state index < -0.39 is 148 Å². The summed E-state index contributed by atoms with van der Waals surface area (Å²) in [4.78, 5) is 25.0. The van der Waals surface area contributed by atoms with Crippen LogP contribution in [0.25, 0.3) is 0 Å². The third-order valence-electron chi connectivity index (χ3n) is 10.5. The molecular formula is C36H68N2O22. The maximum absolute atomic E-state index is 12.5. The van der Waals surface area contributed by atoms with Crippen LogP contribution in [0, 0.1) is 0 Å². The lowest BCUT2D eigenvalue weighted by molar-refractivity contribution is -0.326. The number of carbonyl (C=O) groups is 2. The van der Waals surface area contributed by atoms with Gasteiger partial charge in [0.25, 0.3) is 11.8 Å². The molecule has 60 heavy (non-hydrogen) atoms. The Hall–Kier alpha value is -1.86. The number of hydrogen-bond donors (Lipinski definition) is 18. The van der Waals surface area contributed by atoms with E-state index in [0.29, 0.717) is 12.8 Å². The summed E-state index contributed by atoms with van der Waals surface area (Å²) < 4.78 is 21.0. The first-order valence-corrected chi connectivity index (χ1v) is 20.2. The highest BCUT2D eigenvalue weighted by Gasteiger charge is 2.49. The molecule has 2 saturated heterocycles. The molecule has 0 aromatic carbocycles. The van der Waals surface area contributed by atoms with Crippen LogP contribution in [-0.4, -0.2) is 243 Å². The van der Waals surface area contributed by atoms with Crippen LogP contribution in [0.2, 0.25) is 0 Å². The Bertz CT molecular complexity index is 1110. The van der Waals surface area contributed by atoms with E-state index in [-0.39, 0.29) is 13.1 Å². The van der Waals surface area contributed by atoms with Crippen molar-refractivity contribution in [1.29, 1.82) is 0 Å². The van der Waals surface area contributed by atoms with Gasteiger partial charge in [-0.15, -0.1) is 0 Å². The fourth-order valence-electron chi connectivity index (χ4n) is 6.64. The van der Waals surface area contributed by atoms with Gasteiger partial charge in [-0.3, -0.25) is 9.59 Å². The molecule has 0 aromatic heterocycles. The normalized spacial score (nSPS) is 31.3. The molecule has 2 heterocycles. The van der Waals surface area contributed by atoms with Crippen molar-refractivity contribution in [1.82, 2.24) is 10.6 Å². The number of carbonyl (C=O) groups excluding carboxylic acids is 2. The zero-order chi connectivity index (χ0) is 45.1. The summed E-state index contributed by atoms with van der Waals surface area (Å²) in [6.07, 6.45) is -25.4. The maximum atomic E-state index is 12.5. The monoisotopic (exact) mass is 880 g/mol. The summed E-state index contributed by atoms with van der Waals surface area (Å²) in [7, 11) is 0. The lowest BCUT2D eigenvalue weighted by atomic mass is 9.98. The molecule has 2 rings (SSSR count). The van der Waals surface area contributed by atoms with Gasteiger partial charge in [-0.05, 0) is 12.8 Å². The van der Waals surface area contributed by atoms with Crippen LogP contribution in [-0.2, 0) is 28.5 Å². The molecule has 24 nitrogen and oxygen atoms in total. The lowest BCUT2D eigenvalue weighted by Crippen LogP contribution is -2.62. The minimum atomic E-state index is -2.14. The number of unbranched alkanes of at least 4 members (excludes halogenated alkanes) is 9. The Balaban J connectivity index is 1.60. The van der Waals surface area contributed by atoms with Crippen molar-refractivity contribution in [2.75, 3.05) is 39.5 Å². The van der Waals surface area contributed by atoms with Gasteiger partial charge in [-0.25, -0.2) is 0 Å². The van der Waals surface area contributed by atoms with Gasteiger partial charge in [0, 0.05) is 13.1 Å². The number of nitrogens with one attached hydrogen (secondary N) is 2. The van der Waals surface area contributed by atoms with Gasteiger partial charge >= 0.3 is 0 Å². The third kappa shape index (κ3) is 16.0. The highest BCUT2D eigenvalue weighted by atomic mass is 16.7. The molecule has 24 heteroatoms. The molecule has 2 fully saturated rings. The Morgan fingerprint density at radius 1 is 0.467 bits per heavy atom. The van der Waals surface area contributed by atoms with Crippen molar-refractivity contribution >= 4 is 11.8 Å². The summed E-state index contributed by atoms with van der Waals surface area (Å²) in [5.41, 5.74) is 0. The van der Waals surface area contributed by atoms with Gasteiger partial charge in [-0.2, -0.15) is 0 Å². The Labute approximate surface area is 346 Å². The van der Waals surface area contributed by atoms with Gasteiger partial charge in [0.15, 0.2) is 24.8 Å². The first-order chi connectivity index (χ1) is 28.5. The van der Waals surface area contributed by atoms with Crippen molar-refractivity contribution in [3.8, 4) is 0 Å². The predicted molar refractivity (Wildman–Crippen MR) is 200 cm³/mol. The SMILES string of the molecule is O=C(NCCCCCCCCCCCCNC(=O)[C@H](O)[C@@H](O)[C@H](O[C@H]1O[C@H](CO)[C@H](O)[C@H](O)[C@H]1O)[C@H](O)CO)[C@H](O)[C@@H](O)[C@H](O[C@H]1O[C@H](CO)[C@H](O)[C@H](O)[C@H]1O)[C@H](O)CO.